The minimum Gasteiger partial charge on any atom is -0.377 e. The monoisotopic (exact) mass is 322 g/mol. The number of rotatable bonds is 2. The van der Waals surface area contributed by atoms with Crippen LogP contribution in [0.1, 0.15) is 24.3 Å². The summed E-state index contributed by atoms with van der Waals surface area (Å²) in [7, 11) is 1.87. The van der Waals surface area contributed by atoms with Crippen LogP contribution in [0.15, 0.2) is 12.5 Å². The van der Waals surface area contributed by atoms with Crippen molar-refractivity contribution in [2.75, 3.05) is 46.0 Å². The minimum atomic E-state index is -0.441. The van der Waals surface area contributed by atoms with E-state index in [0.29, 0.717) is 44.6 Å². The Kier molecular flexibility index (Phi) is 4.70. The van der Waals surface area contributed by atoms with E-state index in [-0.39, 0.29) is 5.91 Å². The molecule has 1 aromatic rings. The predicted octanol–water partition coefficient (Wildman–Crippen LogP) is 0.372. The van der Waals surface area contributed by atoms with Crippen LogP contribution >= 0.6 is 0 Å². The Hall–Kier alpha value is -1.44. The molecule has 1 amide bonds. The number of hydrogen-bond donors (Lipinski definition) is 0. The first kappa shape index (κ1) is 16.4. The lowest BCUT2D eigenvalue weighted by Crippen LogP contribution is -2.60. The molecule has 2 aliphatic heterocycles. The molecule has 0 saturated carbocycles. The highest BCUT2D eigenvalue weighted by molar-refractivity contribution is 5.92. The van der Waals surface area contributed by atoms with E-state index in [4.69, 9.17) is 9.47 Å². The fourth-order valence-corrected chi connectivity index (χ4v) is 3.26. The van der Waals surface area contributed by atoms with Gasteiger partial charge in [0.15, 0.2) is 0 Å². The second-order valence-corrected chi connectivity index (χ2v) is 6.80. The summed E-state index contributed by atoms with van der Waals surface area (Å²) in [6.07, 6.45) is 3.41. The van der Waals surface area contributed by atoms with Crippen molar-refractivity contribution in [3.05, 3.63) is 18.2 Å². The van der Waals surface area contributed by atoms with Crippen LogP contribution < -0.4 is 0 Å². The van der Waals surface area contributed by atoms with Crippen LogP contribution in [0.2, 0.25) is 0 Å². The van der Waals surface area contributed by atoms with Gasteiger partial charge in [-0.25, -0.2) is 4.98 Å². The van der Waals surface area contributed by atoms with Crippen LogP contribution in [0, 0.1) is 0 Å². The Labute approximate surface area is 137 Å². The Morgan fingerprint density at radius 3 is 2.83 bits per heavy atom. The van der Waals surface area contributed by atoms with Gasteiger partial charge in [-0.2, -0.15) is 0 Å². The number of hydrogen-bond acceptors (Lipinski definition) is 5. The number of aryl methyl sites for hydroxylation is 1. The largest absolute Gasteiger partial charge is 0.377 e. The van der Waals surface area contributed by atoms with Crippen LogP contribution in [-0.2, 0) is 16.5 Å². The molecule has 0 bridgehead atoms. The van der Waals surface area contributed by atoms with Crippen molar-refractivity contribution in [3.63, 3.8) is 0 Å². The standard InChI is InChI=1S/C16H26N4O3/c1-13(2)19-4-6-22-11-16(9-19)10-20(5-7-23-16)15(21)14-8-18(3)12-17-14/h8,12-13H,4-7,9-11H2,1-3H3. The molecule has 0 radical (unpaired) electrons. The molecule has 0 aromatic carbocycles. The third-order valence-corrected chi connectivity index (χ3v) is 4.57. The molecule has 3 heterocycles. The summed E-state index contributed by atoms with van der Waals surface area (Å²) in [6, 6.07) is 0.430. The van der Waals surface area contributed by atoms with Crippen LogP contribution in [0.3, 0.4) is 0 Å². The van der Waals surface area contributed by atoms with E-state index in [2.05, 4.69) is 23.7 Å². The molecule has 2 fully saturated rings. The van der Waals surface area contributed by atoms with E-state index in [1.165, 1.54) is 0 Å². The van der Waals surface area contributed by atoms with Crippen LogP contribution in [0.4, 0.5) is 0 Å². The summed E-state index contributed by atoms with van der Waals surface area (Å²) in [5.41, 5.74) is 0.0449. The van der Waals surface area contributed by atoms with E-state index in [0.717, 1.165) is 13.1 Å². The van der Waals surface area contributed by atoms with Crippen molar-refractivity contribution in [2.24, 2.45) is 7.05 Å². The number of carbonyl (C=O) groups excluding carboxylic acids is 1. The van der Waals surface area contributed by atoms with Gasteiger partial charge in [0, 0.05) is 38.9 Å². The first-order chi connectivity index (χ1) is 11.0. The number of imidazole rings is 1. The molecule has 128 valence electrons. The Morgan fingerprint density at radius 2 is 2.13 bits per heavy atom. The highest BCUT2D eigenvalue weighted by atomic mass is 16.5. The van der Waals surface area contributed by atoms with Crippen LogP contribution in [-0.4, -0.2) is 82.9 Å². The third kappa shape index (κ3) is 3.57. The fraction of sp³-hybridized carbons (Fsp3) is 0.750. The van der Waals surface area contributed by atoms with Gasteiger partial charge in [0.05, 0.1) is 32.7 Å². The molecule has 7 nitrogen and oxygen atoms in total. The molecule has 0 N–H and O–H groups in total. The second-order valence-electron chi connectivity index (χ2n) is 6.80. The topological polar surface area (TPSA) is 59.8 Å². The van der Waals surface area contributed by atoms with Gasteiger partial charge >= 0.3 is 0 Å². The zero-order chi connectivity index (χ0) is 16.4. The molecular formula is C16H26N4O3. The summed E-state index contributed by atoms with van der Waals surface area (Å²) in [6.45, 7) is 8.96. The van der Waals surface area contributed by atoms with Crippen LogP contribution in [0.5, 0.6) is 0 Å². The zero-order valence-electron chi connectivity index (χ0n) is 14.2. The van der Waals surface area contributed by atoms with Crippen LogP contribution in [0.25, 0.3) is 0 Å². The number of aromatic nitrogens is 2. The van der Waals surface area contributed by atoms with Gasteiger partial charge in [0.2, 0.25) is 0 Å². The summed E-state index contributed by atoms with van der Waals surface area (Å²) in [4.78, 5) is 21.1. The van der Waals surface area contributed by atoms with E-state index in [1.807, 2.05) is 11.9 Å². The second kappa shape index (κ2) is 6.59. The molecule has 2 saturated heterocycles. The van der Waals surface area contributed by atoms with E-state index in [1.54, 1.807) is 17.1 Å². The van der Waals surface area contributed by atoms with Crippen molar-refractivity contribution in [1.82, 2.24) is 19.4 Å². The smallest absolute Gasteiger partial charge is 0.274 e. The molecule has 3 rings (SSSR count). The minimum absolute atomic E-state index is 0.0337. The summed E-state index contributed by atoms with van der Waals surface area (Å²) in [5.74, 6) is -0.0337. The summed E-state index contributed by atoms with van der Waals surface area (Å²) < 4.78 is 13.7. The normalized spacial score (nSPS) is 26.7. The number of morpholine rings is 1. The number of nitrogens with zero attached hydrogens (tertiary/aromatic N) is 4. The van der Waals surface area contributed by atoms with Crippen molar-refractivity contribution in [1.29, 1.82) is 0 Å². The molecule has 1 atom stereocenters. The fourth-order valence-electron chi connectivity index (χ4n) is 3.26. The molecule has 23 heavy (non-hydrogen) atoms. The highest BCUT2D eigenvalue weighted by Gasteiger charge is 2.42. The first-order valence-corrected chi connectivity index (χ1v) is 8.22. The number of ether oxygens (including phenoxy) is 2. The lowest BCUT2D eigenvalue weighted by Gasteiger charge is -2.43. The summed E-state index contributed by atoms with van der Waals surface area (Å²) in [5, 5.41) is 0. The summed E-state index contributed by atoms with van der Waals surface area (Å²) >= 11 is 0. The van der Waals surface area contributed by atoms with Gasteiger partial charge in [-0.1, -0.05) is 0 Å². The van der Waals surface area contributed by atoms with Gasteiger partial charge in [0.1, 0.15) is 11.3 Å². The average molecular weight is 322 g/mol. The molecule has 7 heteroatoms. The first-order valence-electron chi connectivity index (χ1n) is 8.22. The molecule has 1 unspecified atom stereocenters. The predicted molar refractivity (Wildman–Crippen MR) is 85.3 cm³/mol. The highest BCUT2D eigenvalue weighted by Crippen LogP contribution is 2.24. The van der Waals surface area contributed by atoms with E-state index >= 15 is 0 Å². The van der Waals surface area contributed by atoms with E-state index in [9.17, 15) is 4.79 Å². The molecule has 1 aromatic heterocycles. The third-order valence-electron chi connectivity index (χ3n) is 4.57. The quantitative estimate of drug-likeness (QED) is 0.787. The van der Waals surface area contributed by atoms with Gasteiger partial charge in [-0.05, 0) is 13.8 Å². The maximum Gasteiger partial charge on any atom is 0.274 e. The van der Waals surface area contributed by atoms with Crippen molar-refractivity contribution in [2.45, 2.75) is 25.5 Å². The molecule has 1 spiro atoms. The van der Waals surface area contributed by atoms with E-state index < -0.39 is 5.60 Å². The van der Waals surface area contributed by atoms with Gasteiger partial charge < -0.3 is 18.9 Å². The van der Waals surface area contributed by atoms with Gasteiger partial charge in [-0.3, -0.25) is 9.69 Å². The number of carbonyl (C=O) groups is 1. The molecular weight excluding hydrogens is 296 g/mol. The van der Waals surface area contributed by atoms with Crippen molar-refractivity contribution in [3.8, 4) is 0 Å². The maximum absolute atomic E-state index is 12.7. The molecule has 2 aliphatic rings. The lowest BCUT2D eigenvalue weighted by molar-refractivity contribution is -0.134. The Bertz CT molecular complexity index is 559. The van der Waals surface area contributed by atoms with Crippen molar-refractivity contribution < 1.29 is 14.3 Å². The Morgan fingerprint density at radius 1 is 1.30 bits per heavy atom. The lowest BCUT2D eigenvalue weighted by atomic mass is 10.0. The van der Waals surface area contributed by atoms with Gasteiger partial charge in [-0.15, -0.1) is 0 Å². The molecule has 0 aliphatic carbocycles. The maximum atomic E-state index is 12.7. The SMILES string of the molecule is CC(C)N1CCOCC2(CN(C(=O)c3cn(C)cn3)CCO2)C1. The average Bonchev–Trinajstić information content (AvgIpc) is 2.85. The van der Waals surface area contributed by atoms with Crippen molar-refractivity contribution >= 4 is 5.91 Å². The number of amides is 1. The Balaban J connectivity index is 1.75. The zero-order valence-corrected chi connectivity index (χ0v) is 14.2. The van der Waals surface area contributed by atoms with Gasteiger partial charge in [0.25, 0.3) is 5.91 Å².